The fraction of sp³-hybridized carbons (Fsp3) is 0.476. The van der Waals surface area contributed by atoms with Crippen LogP contribution in [0.1, 0.15) is 19.3 Å². The first-order valence-electron chi connectivity index (χ1n) is 9.86. The molecule has 0 saturated carbocycles. The zero-order valence-corrected chi connectivity index (χ0v) is 15.8. The molecule has 2 saturated heterocycles. The minimum absolute atomic E-state index is 0.107. The first-order valence-corrected chi connectivity index (χ1v) is 9.86. The lowest BCUT2D eigenvalue weighted by Gasteiger charge is -2.28. The molecule has 7 heteroatoms. The van der Waals surface area contributed by atoms with Gasteiger partial charge < -0.3 is 15.0 Å². The zero-order chi connectivity index (χ0) is 19.5. The number of nitrogens with one attached hydrogen (secondary N) is 1. The molecule has 1 aliphatic carbocycles. The van der Waals surface area contributed by atoms with Crippen molar-refractivity contribution in [3.05, 3.63) is 36.4 Å². The number of allylic oxidation sites excluding steroid dienone is 2. The van der Waals surface area contributed by atoms with Crippen LogP contribution < -0.4 is 10.2 Å². The third kappa shape index (κ3) is 3.80. The maximum Gasteiger partial charge on any atom is 0.233 e. The fourth-order valence-corrected chi connectivity index (χ4v) is 4.10. The normalized spacial score (nSPS) is 24.4. The van der Waals surface area contributed by atoms with Crippen molar-refractivity contribution in [2.24, 2.45) is 11.8 Å². The second-order valence-electron chi connectivity index (χ2n) is 7.43. The summed E-state index contributed by atoms with van der Waals surface area (Å²) < 4.78 is 5.36. The third-order valence-electron chi connectivity index (χ3n) is 5.69. The number of benzene rings is 1. The molecule has 7 nitrogen and oxygen atoms in total. The molecule has 0 radical (unpaired) electrons. The van der Waals surface area contributed by atoms with Gasteiger partial charge in [-0.15, -0.1) is 0 Å². The topological polar surface area (TPSA) is 79.0 Å². The second-order valence-corrected chi connectivity index (χ2v) is 7.43. The van der Waals surface area contributed by atoms with E-state index in [0.29, 0.717) is 18.5 Å². The van der Waals surface area contributed by atoms with E-state index in [2.05, 4.69) is 10.2 Å². The number of fused-ring (bicyclic) bond motifs is 1. The molecule has 1 N–H and O–H groups in total. The van der Waals surface area contributed by atoms with Gasteiger partial charge in [0.1, 0.15) is 0 Å². The highest BCUT2D eigenvalue weighted by Gasteiger charge is 2.46. The van der Waals surface area contributed by atoms with Gasteiger partial charge in [0.15, 0.2) is 0 Å². The van der Waals surface area contributed by atoms with Crippen LogP contribution in [0.25, 0.3) is 0 Å². The van der Waals surface area contributed by atoms with E-state index in [1.807, 2.05) is 36.4 Å². The van der Waals surface area contributed by atoms with Crippen molar-refractivity contribution in [3.8, 4) is 0 Å². The first-order chi connectivity index (χ1) is 13.6. The first kappa shape index (κ1) is 18.7. The summed E-state index contributed by atoms with van der Waals surface area (Å²) in [5.41, 5.74) is 1.81. The lowest BCUT2D eigenvalue weighted by Crippen LogP contribution is -2.36. The highest BCUT2D eigenvalue weighted by Crippen LogP contribution is 2.35. The quantitative estimate of drug-likeness (QED) is 0.620. The molecule has 4 rings (SSSR count). The highest BCUT2D eigenvalue weighted by molar-refractivity contribution is 6.05. The lowest BCUT2D eigenvalue weighted by molar-refractivity contribution is -0.140. The van der Waals surface area contributed by atoms with Gasteiger partial charge in [0.25, 0.3) is 0 Å². The smallest absolute Gasteiger partial charge is 0.233 e. The monoisotopic (exact) mass is 383 g/mol. The molecule has 0 unspecified atom stereocenters. The van der Waals surface area contributed by atoms with Gasteiger partial charge >= 0.3 is 0 Å². The van der Waals surface area contributed by atoms with E-state index in [9.17, 15) is 14.4 Å². The summed E-state index contributed by atoms with van der Waals surface area (Å²) in [5, 5.41) is 2.84. The fourth-order valence-electron chi connectivity index (χ4n) is 4.10. The highest BCUT2D eigenvalue weighted by atomic mass is 16.5. The molecule has 2 heterocycles. The molecule has 2 fully saturated rings. The van der Waals surface area contributed by atoms with Crippen molar-refractivity contribution in [2.75, 3.05) is 43.1 Å². The Hall–Kier alpha value is -2.67. The molecular weight excluding hydrogens is 358 g/mol. The van der Waals surface area contributed by atoms with Gasteiger partial charge in [-0.2, -0.15) is 0 Å². The van der Waals surface area contributed by atoms with Crippen LogP contribution in [0.2, 0.25) is 0 Å². The van der Waals surface area contributed by atoms with Gasteiger partial charge in [-0.25, -0.2) is 0 Å². The van der Waals surface area contributed by atoms with E-state index in [1.165, 1.54) is 4.90 Å². The number of imide groups is 1. The standard InChI is InChI=1S/C21H25N3O4/c25-19(9-10-24-20(26)17-3-1-2-4-18(17)21(24)27)22-15-5-7-16(8-6-15)23-11-13-28-14-12-23/h1-2,5-8,17-18H,3-4,9-14H2,(H,22,25)/t17-,18-/m1/s1. The van der Waals surface area contributed by atoms with Gasteiger partial charge in [-0.1, -0.05) is 12.2 Å². The van der Waals surface area contributed by atoms with Crippen molar-refractivity contribution in [2.45, 2.75) is 19.3 Å². The maximum absolute atomic E-state index is 12.4. The number of carbonyl (C=O) groups is 3. The maximum atomic E-state index is 12.4. The van der Waals surface area contributed by atoms with Crippen LogP contribution in [-0.4, -0.2) is 55.5 Å². The molecule has 28 heavy (non-hydrogen) atoms. The number of hydrogen-bond acceptors (Lipinski definition) is 5. The van der Waals surface area contributed by atoms with E-state index in [1.54, 1.807) is 0 Å². The van der Waals surface area contributed by atoms with Crippen LogP contribution >= 0.6 is 0 Å². The third-order valence-corrected chi connectivity index (χ3v) is 5.69. The Balaban J connectivity index is 1.29. The Morgan fingerprint density at radius 2 is 1.61 bits per heavy atom. The van der Waals surface area contributed by atoms with Crippen molar-refractivity contribution in [1.82, 2.24) is 4.90 Å². The van der Waals surface area contributed by atoms with E-state index >= 15 is 0 Å². The average Bonchev–Trinajstić information content (AvgIpc) is 2.98. The van der Waals surface area contributed by atoms with Gasteiger partial charge in [0.2, 0.25) is 17.7 Å². The SMILES string of the molecule is O=C(CCN1C(=O)[C@@H]2CC=CC[C@H]2C1=O)Nc1ccc(N2CCOCC2)cc1. The van der Waals surface area contributed by atoms with E-state index in [0.717, 1.165) is 32.0 Å². The number of ether oxygens (including phenoxy) is 1. The second kappa shape index (κ2) is 8.14. The zero-order valence-electron chi connectivity index (χ0n) is 15.8. The Morgan fingerprint density at radius 1 is 1.00 bits per heavy atom. The molecule has 2 aliphatic heterocycles. The summed E-state index contributed by atoms with van der Waals surface area (Å²) in [5.74, 6) is -0.960. The number of anilines is 2. The largest absolute Gasteiger partial charge is 0.378 e. The Morgan fingerprint density at radius 3 is 2.21 bits per heavy atom. The summed E-state index contributed by atoms with van der Waals surface area (Å²) in [6, 6.07) is 7.70. The van der Waals surface area contributed by atoms with E-state index in [4.69, 9.17) is 4.74 Å². The summed E-state index contributed by atoms with van der Waals surface area (Å²) in [4.78, 5) is 40.7. The number of rotatable bonds is 5. The van der Waals surface area contributed by atoms with Crippen molar-refractivity contribution in [3.63, 3.8) is 0 Å². The number of hydrogen-bond donors (Lipinski definition) is 1. The molecule has 3 aliphatic rings. The number of nitrogens with zero attached hydrogens (tertiary/aromatic N) is 2. The van der Waals surface area contributed by atoms with E-state index in [-0.39, 0.29) is 42.5 Å². The van der Waals surface area contributed by atoms with Gasteiger partial charge in [-0.05, 0) is 37.1 Å². The van der Waals surface area contributed by atoms with Crippen molar-refractivity contribution in [1.29, 1.82) is 0 Å². The van der Waals surface area contributed by atoms with Crippen molar-refractivity contribution >= 4 is 29.1 Å². The van der Waals surface area contributed by atoms with Crippen LogP contribution in [0, 0.1) is 11.8 Å². The molecule has 1 aromatic rings. The predicted molar refractivity (Wildman–Crippen MR) is 105 cm³/mol. The lowest BCUT2D eigenvalue weighted by atomic mass is 9.85. The molecule has 1 aromatic carbocycles. The molecule has 2 atom stereocenters. The summed E-state index contributed by atoms with van der Waals surface area (Å²) in [7, 11) is 0. The average molecular weight is 383 g/mol. The van der Waals surface area contributed by atoms with Crippen LogP contribution in [-0.2, 0) is 19.1 Å². The van der Waals surface area contributed by atoms with Gasteiger partial charge in [0.05, 0.1) is 25.0 Å². The molecule has 0 spiro atoms. The summed E-state index contributed by atoms with van der Waals surface area (Å²) >= 11 is 0. The minimum atomic E-state index is -0.242. The molecule has 3 amide bonds. The minimum Gasteiger partial charge on any atom is -0.378 e. The summed E-state index contributed by atoms with van der Waals surface area (Å²) in [6.07, 6.45) is 5.27. The molecule has 0 aromatic heterocycles. The van der Waals surface area contributed by atoms with Crippen LogP contribution in [0.15, 0.2) is 36.4 Å². The predicted octanol–water partition coefficient (Wildman–Crippen LogP) is 1.80. The van der Waals surface area contributed by atoms with Crippen LogP contribution in [0.4, 0.5) is 11.4 Å². The van der Waals surface area contributed by atoms with Crippen LogP contribution in [0.3, 0.4) is 0 Å². The number of carbonyl (C=O) groups excluding carboxylic acids is 3. The number of likely N-dealkylation sites (tertiary alicyclic amines) is 1. The Bertz CT molecular complexity index is 757. The molecule has 0 bridgehead atoms. The van der Waals surface area contributed by atoms with Crippen LogP contribution in [0.5, 0.6) is 0 Å². The number of amides is 3. The number of morpholine rings is 1. The van der Waals surface area contributed by atoms with E-state index < -0.39 is 0 Å². The van der Waals surface area contributed by atoms with Crippen molar-refractivity contribution < 1.29 is 19.1 Å². The van der Waals surface area contributed by atoms with Gasteiger partial charge in [-0.3, -0.25) is 19.3 Å². The molecular formula is C21H25N3O4. The van der Waals surface area contributed by atoms with Gasteiger partial charge in [0, 0.05) is 37.4 Å². The Kier molecular flexibility index (Phi) is 5.43. The summed E-state index contributed by atoms with van der Waals surface area (Å²) in [6.45, 7) is 3.32. The Labute approximate surface area is 164 Å². The molecule has 148 valence electrons.